The van der Waals surface area contributed by atoms with Crippen molar-refractivity contribution >= 4 is 30.0 Å². The molecular weight excluding hydrogens is 289 g/mol. The van der Waals surface area contributed by atoms with Crippen LogP contribution in [-0.2, 0) is 9.53 Å². The predicted molar refractivity (Wildman–Crippen MR) is 78.0 cm³/mol. The van der Waals surface area contributed by atoms with Crippen molar-refractivity contribution in [3.05, 3.63) is 29.3 Å². The molecule has 0 aromatic heterocycles. The number of rotatable bonds is 5. The molecule has 0 fully saturated rings. The Morgan fingerprint density at radius 1 is 1.16 bits per heavy atom. The minimum atomic E-state index is -0.629. The van der Waals surface area contributed by atoms with Gasteiger partial charge in [-0.3, -0.25) is 4.79 Å². The van der Waals surface area contributed by atoms with E-state index in [1.54, 1.807) is 38.1 Å². The van der Waals surface area contributed by atoms with Crippen LogP contribution in [0.25, 0.3) is 0 Å². The van der Waals surface area contributed by atoms with Crippen molar-refractivity contribution in [2.24, 2.45) is 5.73 Å². The van der Waals surface area contributed by atoms with Crippen LogP contribution in [0.3, 0.4) is 0 Å². The van der Waals surface area contributed by atoms with Gasteiger partial charge < -0.3 is 15.2 Å². The van der Waals surface area contributed by atoms with Gasteiger partial charge in [0.05, 0.1) is 0 Å². The first kappa shape index (κ1) is 18.0. The molecule has 4 nitrogen and oxygen atoms in total. The van der Waals surface area contributed by atoms with E-state index in [2.05, 4.69) is 0 Å². The van der Waals surface area contributed by atoms with Gasteiger partial charge in [0.25, 0.3) is 0 Å². The molecule has 3 atom stereocenters. The summed E-state index contributed by atoms with van der Waals surface area (Å²) in [6.07, 6.45) is -0.645. The van der Waals surface area contributed by atoms with Gasteiger partial charge in [0.15, 0.2) is 0 Å². The van der Waals surface area contributed by atoms with Crippen LogP contribution in [0.4, 0.5) is 0 Å². The number of ether oxygens (including phenoxy) is 2. The summed E-state index contributed by atoms with van der Waals surface area (Å²) in [6, 6.07) is 6.37. The van der Waals surface area contributed by atoms with E-state index in [1.165, 1.54) is 0 Å². The summed E-state index contributed by atoms with van der Waals surface area (Å²) in [5.41, 5.74) is 5.42. The predicted octanol–water partition coefficient (Wildman–Crippen LogP) is 2.81. The van der Waals surface area contributed by atoms with Crippen LogP contribution in [0.1, 0.15) is 20.8 Å². The maximum atomic E-state index is 11.3. The number of hydrogen-bond acceptors (Lipinski definition) is 4. The Labute approximate surface area is 124 Å². The van der Waals surface area contributed by atoms with E-state index in [4.69, 9.17) is 26.8 Å². The highest BCUT2D eigenvalue weighted by atomic mass is 35.5. The van der Waals surface area contributed by atoms with Crippen molar-refractivity contribution < 1.29 is 14.3 Å². The Hall–Kier alpha value is -0.970. The molecule has 0 saturated heterocycles. The summed E-state index contributed by atoms with van der Waals surface area (Å²) in [6.45, 7) is 5.17. The van der Waals surface area contributed by atoms with Crippen molar-refractivity contribution in [2.75, 3.05) is 0 Å². The molecule has 0 aliphatic heterocycles. The lowest BCUT2D eigenvalue weighted by molar-refractivity contribution is -0.153. The van der Waals surface area contributed by atoms with Gasteiger partial charge in [-0.2, -0.15) is 0 Å². The third-order valence-electron chi connectivity index (χ3n) is 2.47. The monoisotopic (exact) mass is 307 g/mol. The van der Waals surface area contributed by atoms with E-state index in [9.17, 15) is 4.79 Å². The topological polar surface area (TPSA) is 61.6 Å². The quantitative estimate of drug-likeness (QED) is 0.850. The molecule has 1 aromatic carbocycles. The summed E-state index contributed by atoms with van der Waals surface area (Å²) in [5, 5.41) is 0.645. The minimum Gasteiger partial charge on any atom is -0.487 e. The van der Waals surface area contributed by atoms with Gasteiger partial charge in [-0.15, -0.1) is 12.4 Å². The first-order chi connectivity index (χ1) is 8.40. The molecule has 6 heteroatoms. The van der Waals surface area contributed by atoms with E-state index in [0.29, 0.717) is 10.8 Å². The van der Waals surface area contributed by atoms with Crippen LogP contribution < -0.4 is 10.5 Å². The van der Waals surface area contributed by atoms with Gasteiger partial charge in [0.2, 0.25) is 0 Å². The number of carbonyl (C=O) groups is 1. The fourth-order valence-corrected chi connectivity index (χ4v) is 1.34. The number of nitrogens with two attached hydrogens (primary N) is 1. The van der Waals surface area contributed by atoms with Crippen LogP contribution >= 0.6 is 24.0 Å². The second-order valence-electron chi connectivity index (χ2n) is 4.21. The first-order valence-corrected chi connectivity index (χ1v) is 6.16. The molecule has 0 radical (unpaired) electrons. The highest BCUT2D eigenvalue weighted by molar-refractivity contribution is 6.30. The van der Waals surface area contributed by atoms with Crippen molar-refractivity contribution in [1.29, 1.82) is 0 Å². The SMILES string of the molecule is C[C@H](N)C(=O)O[C@@H](C)[C@@H](C)Oc1ccc(Cl)cc1.Cl. The largest absolute Gasteiger partial charge is 0.487 e. The third kappa shape index (κ3) is 6.14. The lowest BCUT2D eigenvalue weighted by atomic mass is 10.2. The standard InChI is InChI=1S/C13H18ClNO3.ClH/c1-8(15)13(16)18-10(3)9(2)17-12-6-4-11(14)5-7-12;/h4-10H,15H2,1-3H3;1H/t8-,9+,10-;/m0./s1. The van der Waals surface area contributed by atoms with Gasteiger partial charge in [-0.1, -0.05) is 11.6 Å². The van der Waals surface area contributed by atoms with E-state index < -0.39 is 12.0 Å². The van der Waals surface area contributed by atoms with Crippen molar-refractivity contribution in [1.82, 2.24) is 0 Å². The average molecular weight is 308 g/mol. The molecule has 0 bridgehead atoms. The Balaban J connectivity index is 0.00000324. The number of benzene rings is 1. The zero-order chi connectivity index (χ0) is 13.7. The Morgan fingerprint density at radius 3 is 2.16 bits per heavy atom. The van der Waals surface area contributed by atoms with Crippen LogP contribution in [0, 0.1) is 0 Å². The first-order valence-electron chi connectivity index (χ1n) is 5.78. The number of carbonyl (C=O) groups excluding carboxylic acids is 1. The zero-order valence-corrected chi connectivity index (χ0v) is 12.7. The summed E-state index contributed by atoms with van der Waals surface area (Å²) >= 11 is 5.78. The van der Waals surface area contributed by atoms with Gasteiger partial charge in [0, 0.05) is 5.02 Å². The van der Waals surface area contributed by atoms with Crippen molar-refractivity contribution in [2.45, 2.75) is 39.0 Å². The van der Waals surface area contributed by atoms with Crippen LogP contribution in [0.5, 0.6) is 5.75 Å². The molecule has 0 aliphatic rings. The lowest BCUT2D eigenvalue weighted by Crippen LogP contribution is -2.37. The van der Waals surface area contributed by atoms with Gasteiger partial charge in [-0.05, 0) is 45.0 Å². The fraction of sp³-hybridized carbons (Fsp3) is 0.462. The molecule has 0 spiro atoms. The number of halogens is 2. The van der Waals surface area contributed by atoms with E-state index in [1.807, 2.05) is 6.92 Å². The second kappa shape index (κ2) is 8.25. The number of esters is 1. The van der Waals surface area contributed by atoms with Gasteiger partial charge >= 0.3 is 5.97 Å². The molecule has 0 saturated carbocycles. The Kier molecular flexibility index (Phi) is 7.83. The lowest BCUT2D eigenvalue weighted by Gasteiger charge is -2.22. The van der Waals surface area contributed by atoms with Crippen LogP contribution in [-0.4, -0.2) is 24.2 Å². The second-order valence-corrected chi connectivity index (χ2v) is 4.64. The van der Waals surface area contributed by atoms with E-state index in [0.717, 1.165) is 0 Å². The molecule has 108 valence electrons. The van der Waals surface area contributed by atoms with E-state index >= 15 is 0 Å². The van der Waals surface area contributed by atoms with Gasteiger partial charge in [0.1, 0.15) is 24.0 Å². The molecule has 0 amide bonds. The molecule has 19 heavy (non-hydrogen) atoms. The van der Waals surface area contributed by atoms with Crippen LogP contribution in [0.2, 0.25) is 5.02 Å². The highest BCUT2D eigenvalue weighted by Gasteiger charge is 2.20. The molecule has 0 aliphatic carbocycles. The summed E-state index contributed by atoms with van der Waals surface area (Å²) in [7, 11) is 0. The van der Waals surface area contributed by atoms with Crippen molar-refractivity contribution in [3.63, 3.8) is 0 Å². The van der Waals surface area contributed by atoms with Crippen molar-refractivity contribution in [3.8, 4) is 5.75 Å². The van der Waals surface area contributed by atoms with Gasteiger partial charge in [-0.25, -0.2) is 0 Å². The number of hydrogen-bond donors (Lipinski definition) is 1. The minimum absolute atomic E-state index is 0. The van der Waals surface area contributed by atoms with Crippen LogP contribution in [0.15, 0.2) is 24.3 Å². The molecule has 1 rings (SSSR count). The Morgan fingerprint density at radius 2 is 1.68 bits per heavy atom. The average Bonchev–Trinajstić information content (AvgIpc) is 2.31. The van der Waals surface area contributed by atoms with E-state index in [-0.39, 0.29) is 24.6 Å². The summed E-state index contributed by atoms with van der Waals surface area (Å²) in [5.74, 6) is 0.240. The molecule has 1 aromatic rings. The zero-order valence-electron chi connectivity index (χ0n) is 11.1. The summed E-state index contributed by atoms with van der Waals surface area (Å²) in [4.78, 5) is 11.3. The molecule has 0 heterocycles. The molecule has 0 unspecified atom stereocenters. The molecule has 2 N–H and O–H groups in total. The smallest absolute Gasteiger partial charge is 0.323 e. The third-order valence-corrected chi connectivity index (χ3v) is 2.72. The normalized spacial score (nSPS) is 14.8. The maximum Gasteiger partial charge on any atom is 0.323 e. The highest BCUT2D eigenvalue weighted by Crippen LogP contribution is 2.18. The Bertz CT molecular complexity index is 395. The maximum absolute atomic E-state index is 11.3. The fourth-order valence-electron chi connectivity index (χ4n) is 1.21. The molecular formula is C13H19Cl2NO3. The summed E-state index contributed by atoms with van der Waals surface area (Å²) < 4.78 is 10.8.